The number of benzene rings is 2. The lowest BCUT2D eigenvalue weighted by molar-refractivity contribution is 0.0320. The van der Waals surface area contributed by atoms with Crippen LogP contribution in [-0.2, 0) is 4.74 Å². The Balaban J connectivity index is 1.86. The molecule has 4 nitrogen and oxygen atoms in total. The van der Waals surface area contributed by atoms with Crippen molar-refractivity contribution >= 4 is 22.7 Å². The second-order valence-electron chi connectivity index (χ2n) is 5.61. The van der Waals surface area contributed by atoms with Gasteiger partial charge in [-0.3, -0.25) is 9.78 Å². The molecule has 0 bridgehead atoms. The SMILES string of the molecule is Cc1cc(C(=O)OC(C)C(=O)c2ccccc2)c2ccccc2n1. The molecule has 2 aromatic carbocycles. The maximum atomic E-state index is 12.6. The molecular formula is C20H17NO3. The molecule has 4 heteroatoms. The first kappa shape index (κ1) is 15.9. The molecule has 120 valence electrons. The van der Waals surface area contributed by atoms with Crippen LogP contribution in [0.4, 0.5) is 0 Å². The molecule has 3 rings (SSSR count). The molecule has 0 aliphatic rings. The summed E-state index contributed by atoms with van der Waals surface area (Å²) in [6.07, 6.45) is -0.855. The number of aryl methyl sites for hydroxylation is 1. The van der Waals surface area contributed by atoms with Gasteiger partial charge in [-0.05, 0) is 26.0 Å². The molecule has 0 spiro atoms. The van der Waals surface area contributed by atoms with E-state index in [0.29, 0.717) is 16.5 Å². The molecule has 0 saturated heterocycles. The fourth-order valence-corrected chi connectivity index (χ4v) is 2.59. The van der Waals surface area contributed by atoms with Crippen LogP contribution < -0.4 is 0 Å². The second kappa shape index (κ2) is 6.62. The predicted molar refractivity (Wildman–Crippen MR) is 92.1 cm³/mol. The van der Waals surface area contributed by atoms with Gasteiger partial charge in [-0.1, -0.05) is 48.5 Å². The van der Waals surface area contributed by atoms with Gasteiger partial charge in [0.1, 0.15) is 0 Å². The van der Waals surface area contributed by atoms with Crippen LogP contribution in [0, 0.1) is 6.92 Å². The number of hydrogen-bond donors (Lipinski definition) is 0. The maximum absolute atomic E-state index is 12.6. The van der Waals surface area contributed by atoms with Crippen molar-refractivity contribution in [3.8, 4) is 0 Å². The molecule has 0 saturated carbocycles. The lowest BCUT2D eigenvalue weighted by Crippen LogP contribution is -2.24. The highest BCUT2D eigenvalue weighted by Gasteiger charge is 2.21. The summed E-state index contributed by atoms with van der Waals surface area (Å²) in [6, 6.07) is 17.9. The van der Waals surface area contributed by atoms with Gasteiger partial charge in [0.15, 0.2) is 6.10 Å². The Hall–Kier alpha value is -3.01. The molecule has 0 aliphatic heterocycles. The summed E-state index contributed by atoms with van der Waals surface area (Å²) in [5.74, 6) is -0.743. The molecule has 1 atom stereocenters. The number of esters is 1. The van der Waals surface area contributed by atoms with Crippen molar-refractivity contribution in [2.24, 2.45) is 0 Å². The Bertz CT molecular complexity index is 903. The number of para-hydroxylation sites is 1. The molecule has 1 heterocycles. The van der Waals surface area contributed by atoms with E-state index in [1.807, 2.05) is 37.3 Å². The highest BCUT2D eigenvalue weighted by Crippen LogP contribution is 2.20. The Labute approximate surface area is 140 Å². The number of carbonyl (C=O) groups is 2. The zero-order valence-corrected chi connectivity index (χ0v) is 13.5. The molecule has 0 aliphatic carbocycles. The molecule has 1 aromatic heterocycles. The monoisotopic (exact) mass is 319 g/mol. The zero-order valence-electron chi connectivity index (χ0n) is 13.5. The van der Waals surface area contributed by atoms with Gasteiger partial charge in [0.2, 0.25) is 5.78 Å². The third-order valence-electron chi connectivity index (χ3n) is 3.78. The summed E-state index contributed by atoms with van der Waals surface area (Å²) < 4.78 is 5.40. The van der Waals surface area contributed by atoms with E-state index in [0.717, 1.165) is 11.2 Å². The van der Waals surface area contributed by atoms with E-state index in [1.165, 1.54) is 0 Å². The van der Waals surface area contributed by atoms with E-state index < -0.39 is 12.1 Å². The number of hydrogen-bond acceptors (Lipinski definition) is 4. The summed E-state index contributed by atoms with van der Waals surface area (Å²) in [5.41, 5.74) is 2.40. The van der Waals surface area contributed by atoms with Gasteiger partial charge in [0.25, 0.3) is 0 Å². The third-order valence-corrected chi connectivity index (χ3v) is 3.78. The van der Waals surface area contributed by atoms with E-state index in [4.69, 9.17) is 4.74 Å². The summed E-state index contributed by atoms with van der Waals surface area (Å²) in [6.45, 7) is 3.41. The van der Waals surface area contributed by atoms with E-state index in [-0.39, 0.29) is 5.78 Å². The first-order chi connectivity index (χ1) is 11.6. The van der Waals surface area contributed by atoms with Gasteiger partial charge in [-0.2, -0.15) is 0 Å². The number of rotatable bonds is 4. The van der Waals surface area contributed by atoms with Crippen molar-refractivity contribution in [1.82, 2.24) is 4.98 Å². The summed E-state index contributed by atoms with van der Waals surface area (Å²) >= 11 is 0. The lowest BCUT2D eigenvalue weighted by Gasteiger charge is -2.13. The van der Waals surface area contributed by atoms with Crippen LogP contribution in [0.3, 0.4) is 0 Å². The smallest absolute Gasteiger partial charge is 0.339 e. The quantitative estimate of drug-likeness (QED) is 0.539. The Morgan fingerprint density at radius 2 is 1.67 bits per heavy atom. The van der Waals surface area contributed by atoms with Gasteiger partial charge >= 0.3 is 5.97 Å². The molecule has 0 N–H and O–H groups in total. The average Bonchev–Trinajstić information content (AvgIpc) is 2.60. The minimum Gasteiger partial charge on any atom is -0.451 e. The van der Waals surface area contributed by atoms with Gasteiger partial charge < -0.3 is 4.74 Å². The van der Waals surface area contributed by atoms with E-state index >= 15 is 0 Å². The molecule has 0 amide bonds. The standard InChI is InChI=1S/C20H17NO3/c1-13-12-17(16-10-6-7-11-18(16)21-13)20(23)24-14(2)19(22)15-8-4-3-5-9-15/h3-12,14H,1-2H3. The highest BCUT2D eigenvalue weighted by molar-refractivity contribution is 6.06. The van der Waals surface area contributed by atoms with Gasteiger partial charge in [-0.25, -0.2) is 4.79 Å². The normalized spacial score (nSPS) is 11.9. The third kappa shape index (κ3) is 3.18. The molecular weight excluding hydrogens is 302 g/mol. The van der Waals surface area contributed by atoms with Crippen molar-refractivity contribution in [3.05, 3.63) is 77.5 Å². The highest BCUT2D eigenvalue weighted by atomic mass is 16.5. The number of Topliss-reactive ketones (excluding diaryl/α,β-unsaturated/α-hetero) is 1. The number of pyridine rings is 1. The molecule has 3 aromatic rings. The van der Waals surface area contributed by atoms with Crippen LogP contribution in [0.15, 0.2) is 60.7 Å². The van der Waals surface area contributed by atoms with E-state index in [1.54, 1.807) is 37.3 Å². The Morgan fingerprint density at radius 3 is 2.42 bits per heavy atom. The van der Waals surface area contributed by atoms with Gasteiger partial charge in [0.05, 0.1) is 11.1 Å². The van der Waals surface area contributed by atoms with Crippen molar-refractivity contribution in [2.75, 3.05) is 0 Å². The Kier molecular flexibility index (Phi) is 4.38. The zero-order chi connectivity index (χ0) is 17.1. The summed E-state index contributed by atoms with van der Waals surface area (Å²) in [4.78, 5) is 29.3. The second-order valence-corrected chi connectivity index (χ2v) is 5.61. The van der Waals surface area contributed by atoms with Crippen molar-refractivity contribution < 1.29 is 14.3 Å². The van der Waals surface area contributed by atoms with E-state index in [2.05, 4.69) is 4.98 Å². The first-order valence-corrected chi connectivity index (χ1v) is 7.73. The fraction of sp³-hybridized carbons (Fsp3) is 0.150. The summed E-state index contributed by atoms with van der Waals surface area (Å²) in [5, 5.41) is 0.715. The number of fused-ring (bicyclic) bond motifs is 1. The van der Waals surface area contributed by atoms with E-state index in [9.17, 15) is 9.59 Å². The largest absolute Gasteiger partial charge is 0.451 e. The van der Waals surface area contributed by atoms with Crippen LogP contribution in [-0.4, -0.2) is 22.8 Å². The van der Waals surface area contributed by atoms with Crippen molar-refractivity contribution in [2.45, 2.75) is 20.0 Å². The fourth-order valence-electron chi connectivity index (χ4n) is 2.59. The molecule has 24 heavy (non-hydrogen) atoms. The van der Waals surface area contributed by atoms with Crippen LogP contribution in [0.5, 0.6) is 0 Å². The molecule has 0 fully saturated rings. The average molecular weight is 319 g/mol. The number of ether oxygens (including phenoxy) is 1. The Morgan fingerprint density at radius 1 is 1.00 bits per heavy atom. The maximum Gasteiger partial charge on any atom is 0.339 e. The number of ketones is 1. The predicted octanol–water partition coefficient (Wildman–Crippen LogP) is 3.97. The van der Waals surface area contributed by atoms with Crippen LogP contribution in [0.2, 0.25) is 0 Å². The molecule has 0 radical (unpaired) electrons. The minimum absolute atomic E-state index is 0.223. The number of aromatic nitrogens is 1. The van der Waals surface area contributed by atoms with Crippen molar-refractivity contribution in [3.63, 3.8) is 0 Å². The van der Waals surface area contributed by atoms with Crippen LogP contribution in [0.25, 0.3) is 10.9 Å². The van der Waals surface area contributed by atoms with Crippen LogP contribution >= 0.6 is 0 Å². The number of nitrogens with zero attached hydrogens (tertiary/aromatic N) is 1. The minimum atomic E-state index is -0.855. The van der Waals surface area contributed by atoms with Crippen LogP contribution in [0.1, 0.15) is 33.3 Å². The van der Waals surface area contributed by atoms with Crippen molar-refractivity contribution in [1.29, 1.82) is 0 Å². The lowest BCUT2D eigenvalue weighted by atomic mass is 10.1. The topological polar surface area (TPSA) is 56.3 Å². The number of carbonyl (C=O) groups excluding carboxylic acids is 2. The molecule has 1 unspecified atom stereocenters. The van der Waals surface area contributed by atoms with Gasteiger partial charge in [0, 0.05) is 16.6 Å². The summed E-state index contributed by atoms with van der Waals surface area (Å²) in [7, 11) is 0. The first-order valence-electron chi connectivity index (χ1n) is 7.73. The van der Waals surface area contributed by atoms with Gasteiger partial charge in [-0.15, -0.1) is 0 Å².